The Kier molecular flexibility index (Phi) is 4.30. The van der Waals surface area contributed by atoms with Crippen molar-refractivity contribution in [2.75, 3.05) is 5.32 Å². The Bertz CT molecular complexity index is 734. The van der Waals surface area contributed by atoms with Crippen LogP contribution in [0.5, 0.6) is 5.75 Å². The van der Waals surface area contributed by atoms with Gasteiger partial charge in [-0.3, -0.25) is 4.79 Å². The first-order valence-corrected chi connectivity index (χ1v) is 6.33. The Morgan fingerprint density at radius 2 is 1.90 bits per heavy atom. The predicted molar refractivity (Wildman–Crippen MR) is 77.3 cm³/mol. The largest absolute Gasteiger partial charge is 0.507 e. The van der Waals surface area contributed by atoms with E-state index in [0.717, 1.165) is 6.07 Å². The Labute approximate surface area is 129 Å². The van der Waals surface area contributed by atoms with Gasteiger partial charge in [0.15, 0.2) is 0 Å². The number of anilines is 1. The maximum atomic E-state index is 12.0. The van der Waals surface area contributed by atoms with Gasteiger partial charge < -0.3 is 15.5 Å². The molecule has 0 radical (unpaired) electrons. The fourth-order valence-corrected chi connectivity index (χ4v) is 1.80. The van der Waals surface area contributed by atoms with Gasteiger partial charge in [0.2, 0.25) is 0 Å². The molecule has 21 heavy (non-hydrogen) atoms. The topological polar surface area (TPSA) is 99.5 Å². The van der Waals surface area contributed by atoms with Gasteiger partial charge in [0.25, 0.3) is 5.91 Å². The summed E-state index contributed by atoms with van der Waals surface area (Å²) in [6.07, 6.45) is 1.24. The molecule has 0 aliphatic rings. The molecular weight excluding hydrogens is 319 g/mol. The third-order valence-electron chi connectivity index (χ3n) is 2.54. The molecule has 6 nitrogen and oxygen atoms in total. The average Bonchev–Trinajstić information content (AvgIpc) is 2.43. The number of carbonyl (C=O) groups is 2. The van der Waals surface area contributed by atoms with Gasteiger partial charge in [0.05, 0.1) is 10.6 Å². The average molecular weight is 327 g/mol. The van der Waals surface area contributed by atoms with Crippen molar-refractivity contribution >= 4 is 40.8 Å². The molecule has 0 atom stereocenters. The summed E-state index contributed by atoms with van der Waals surface area (Å²) < 4.78 is 0. The molecule has 0 fully saturated rings. The fraction of sp³-hybridized carbons (Fsp3) is 0. The first kappa shape index (κ1) is 15.1. The summed E-state index contributed by atoms with van der Waals surface area (Å²) >= 11 is 11.4. The van der Waals surface area contributed by atoms with Crippen molar-refractivity contribution in [2.24, 2.45) is 0 Å². The van der Waals surface area contributed by atoms with Crippen LogP contribution in [0.1, 0.15) is 20.7 Å². The Morgan fingerprint density at radius 3 is 2.52 bits per heavy atom. The van der Waals surface area contributed by atoms with Crippen molar-refractivity contribution in [3.63, 3.8) is 0 Å². The summed E-state index contributed by atoms with van der Waals surface area (Å²) in [6, 6.07) is 5.02. The third kappa shape index (κ3) is 3.42. The van der Waals surface area contributed by atoms with E-state index in [1.807, 2.05) is 0 Å². The lowest BCUT2D eigenvalue weighted by atomic mass is 10.1. The van der Waals surface area contributed by atoms with Crippen molar-refractivity contribution in [1.29, 1.82) is 0 Å². The lowest BCUT2D eigenvalue weighted by Crippen LogP contribution is -2.13. The molecule has 1 aromatic carbocycles. The van der Waals surface area contributed by atoms with Crippen molar-refractivity contribution in [3.05, 3.63) is 51.8 Å². The maximum absolute atomic E-state index is 12.0. The van der Waals surface area contributed by atoms with E-state index in [2.05, 4.69) is 10.3 Å². The summed E-state index contributed by atoms with van der Waals surface area (Å²) in [5.74, 6) is -2.24. The first-order valence-electron chi connectivity index (χ1n) is 5.57. The molecule has 0 spiro atoms. The molecule has 0 aliphatic heterocycles. The zero-order valence-electron chi connectivity index (χ0n) is 10.3. The Morgan fingerprint density at radius 1 is 1.19 bits per heavy atom. The van der Waals surface area contributed by atoms with Crippen LogP contribution in [0, 0.1) is 0 Å². The van der Waals surface area contributed by atoms with Crippen LogP contribution >= 0.6 is 23.2 Å². The van der Waals surface area contributed by atoms with E-state index in [-0.39, 0.29) is 27.0 Å². The SMILES string of the molecule is O=C(Nc1ccc(O)c(C(=O)O)c1)c1cnc(Cl)c(Cl)c1. The van der Waals surface area contributed by atoms with E-state index in [0.29, 0.717) is 0 Å². The number of amides is 1. The van der Waals surface area contributed by atoms with Crippen molar-refractivity contribution in [2.45, 2.75) is 0 Å². The van der Waals surface area contributed by atoms with Crippen LogP contribution in [0.15, 0.2) is 30.5 Å². The van der Waals surface area contributed by atoms with E-state index in [9.17, 15) is 14.7 Å². The van der Waals surface area contributed by atoms with Crippen molar-refractivity contribution < 1.29 is 19.8 Å². The molecule has 3 N–H and O–H groups in total. The highest BCUT2D eigenvalue weighted by molar-refractivity contribution is 6.41. The van der Waals surface area contributed by atoms with Crippen LogP contribution in [0.2, 0.25) is 10.2 Å². The molecule has 0 aliphatic carbocycles. The summed E-state index contributed by atoms with van der Waals surface area (Å²) in [4.78, 5) is 26.6. The highest BCUT2D eigenvalue weighted by atomic mass is 35.5. The van der Waals surface area contributed by atoms with Crippen LogP contribution in [0.3, 0.4) is 0 Å². The fourth-order valence-electron chi connectivity index (χ4n) is 1.53. The Balaban J connectivity index is 2.25. The minimum absolute atomic E-state index is 0.0750. The number of halogens is 2. The summed E-state index contributed by atoms with van der Waals surface area (Å²) in [7, 11) is 0. The zero-order chi connectivity index (χ0) is 15.6. The van der Waals surface area contributed by atoms with Crippen molar-refractivity contribution in [1.82, 2.24) is 4.98 Å². The summed E-state index contributed by atoms with van der Waals surface area (Å²) in [5, 5.41) is 21.0. The minimum Gasteiger partial charge on any atom is -0.507 e. The number of benzene rings is 1. The van der Waals surface area contributed by atoms with Gasteiger partial charge in [0, 0.05) is 11.9 Å². The number of pyridine rings is 1. The number of aromatic nitrogens is 1. The lowest BCUT2D eigenvalue weighted by Gasteiger charge is -2.07. The molecule has 1 aromatic heterocycles. The van der Waals surface area contributed by atoms with Crippen LogP contribution in [0.4, 0.5) is 5.69 Å². The molecule has 2 rings (SSSR count). The highest BCUT2D eigenvalue weighted by Gasteiger charge is 2.13. The molecule has 0 bridgehead atoms. The number of aromatic carboxylic acids is 1. The number of carboxylic acid groups (broad SMARTS) is 1. The van der Waals surface area contributed by atoms with Crippen LogP contribution < -0.4 is 5.32 Å². The van der Waals surface area contributed by atoms with Gasteiger partial charge in [0.1, 0.15) is 16.5 Å². The zero-order valence-corrected chi connectivity index (χ0v) is 11.8. The van der Waals surface area contributed by atoms with E-state index >= 15 is 0 Å². The number of phenols is 1. The lowest BCUT2D eigenvalue weighted by molar-refractivity contribution is 0.0693. The smallest absolute Gasteiger partial charge is 0.339 e. The first-order chi connectivity index (χ1) is 9.88. The number of carboxylic acids is 1. The highest BCUT2D eigenvalue weighted by Crippen LogP contribution is 2.23. The number of carbonyl (C=O) groups excluding carboxylic acids is 1. The summed E-state index contributed by atoms with van der Waals surface area (Å²) in [5.41, 5.74) is 0.0516. The number of aromatic hydroxyl groups is 1. The summed E-state index contributed by atoms with van der Waals surface area (Å²) in [6.45, 7) is 0. The van der Waals surface area contributed by atoms with Crippen LogP contribution in [0.25, 0.3) is 0 Å². The van der Waals surface area contributed by atoms with E-state index in [1.165, 1.54) is 24.4 Å². The molecular formula is C13H8Cl2N2O4. The number of nitrogens with zero attached hydrogens (tertiary/aromatic N) is 1. The standard InChI is InChI=1S/C13H8Cl2N2O4/c14-9-3-6(5-16-11(9)15)12(19)17-7-1-2-10(18)8(4-7)13(20)21/h1-5,18H,(H,17,19)(H,20,21). The van der Waals surface area contributed by atoms with Gasteiger partial charge in [-0.1, -0.05) is 23.2 Å². The predicted octanol–water partition coefficient (Wildman–Crippen LogP) is 3.04. The Hall–Kier alpha value is -2.31. The van der Waals surface area contributed by atoms with E-state index < -0.39 is 17.6 Å². The monoisotopic (exact) mass is 326 g/mol. The van der Waals surface area contributed by atoms with Crippen LogP contribution in [-0.2, 0) is 0 Å². The molecule has 108 valence electrons. The molecule has 0 unspecified atom stereocenters. The third-order valence-corrected chi connectivity index (χ3v) is 3.23. The second-order valence-electron chi connectivity index (χ2n) is 3.99. The quantitative estimate of drug-likeness (QED) is 0.594. The van der Waals surface area contributed by atoms with Crippen LogP contribution in [-0.4, -0.2) is 27.1 Å². The van der Waals surface area contributed by atoms with Crippen molar-refractivity contribution in [3.8, 4) is 5.75 Å². The molecule has 8 heteroatoms. The minimum atomic E-state index is -1.31. The number of rotatable bonds is 3. The molecule has 2 aromatic rings. The molecule has 0 saturated carbocycles. The number of hydrogen-bond acceptors (Lipinski definition) is 4. The van der Waals surface area contributed by atoms with Gasteiger partial charge >= 0.3 is 5.97 Å². The second-order valence-corrected chi connectivity index (χ2v) is 4.75. The molecule has 0 saturated heterocycles. The van der Waals surface area contributed by atoms with Gasteiger partial charge in [-0.2, -0.15) is 0 Å². The van der Waals surface area contributed by atoms with E-state index in [4.69, 9.17) is 28.3 Å². The normalized spacial score (nSPS) is 10.2. The van der Waals surface area contributed by atoms with Gasteiger partial charge in [-0.25, -0.2) is 9.78 Å². The number of hydrogen-bond donors (Lipinski definition) is 3. The molecule has 1 heterocycles. The second kappa shape index (κ2) is 5.99. The maximum Gasteiger partial charge on any atom is 0.339 e. The van der Waals surface area contributed by atoms with Gasteiger partial charge in [-0.05, 0) is 24.3 Å². The van der Waals surface area contributed by atoms with E-state index in [1.54, 1.807) is 0 Å². The molecule has 1 amide bonds. The number of nitrogens with one attached hydrogen (secondary N) is 1. The van der Waals surface area contributed by atoms with Gasteiger partial charge in [-0.15, -0.1) is 0 Å².